The van der Waals surface area contributed by atoms with Gasteiger partial charge in [0.25, 0.3) is 5.91 Å². The minimum Gasteiger partial charge on any atom is -0.465 e. The summed E-state index contributed by atoms with van der Waals surface area (Å²) < 4.78 is 24.5. The minimum absolute atomic E-state index is 0.0703. The third kappa shape index (κ3) is 4.46. The fraction of sp³-hybridized carbons (Fsp3) is 0.0345. The van der Waals surface area contributed by atoms with Crippen LogP contribution in [0.4, 0.5) is 10.1 Å². The van der Waals surface area contributed by atoms with Gasteiger partial charge in [-0.3, -0.25) is 9.69 Å². The van der Waals surface area contributed by atoms with Crippen LogP contribution in [0.2, 0.25) is 5.02 Å². The molecule has 3 aromatic carbocycles. The highest BCUT2D eigenvalue weighted by molar-refractivity contribution is 6.31. The van der Waals surface area contributed by atoms with Crippen LogP contribution in [0.3, 0.4) is 0 Å². The minimum atomic E-state index is -0.559. The number of amides is 1. The van der Waals surface area contributed by atoms with Crippen molar-refractivity contribution < 1.29 is 23.1 Å². The lowest BCUT2D eigenvalue weighted by molar-refractivity contribution is -0.113. The van der Waals surface area contributed by atoms with E-state index >= 15 is 0 Å². The van der Waals surface area contributed by atoms with Gasteiger partial charge in [-0.2, -0.15) is 0 Å². The van der Waals surface area contributed by atoms with Crippen LogP contribution in [-0.4, -0.2) is 19.0 Å². The molecule has 178 valence electrons. The van der Waals surface area contributed by atoms with Crippen LogP contribution >= 0.6 is 11.6 Å². The van der Waals surface area contributed by atoms with Gasteiger partial charge in [0.1, 0.15) is 17.3 Å². The van der Waals surface area contributed by atoms with Gasteiger partial charge in [-0.1, -0.05) is 54.1 Å². The Bertz CT molecular complexity index is 1520. The van der Waals surface area contributed by atoms with Crippen molar-refractivity contribution in [3.63, 3.8) is 0 Å². The van der Waals surface area contributed by atoms with E-state index in [2.05, 4.69) is 0 Å². The summed E-state index contributed by atoms with van der Waals surface area (Å²) in [5, 5.41) is -0.0703. The number of ether oxygens (including phenoxy) is 1. The molecule has 1 aliphatic rings. The molecule has 1 aromatic heterocycles. The maximum atomic E-state index is 13.8. The van der Waals surface area contributed by atoms with Gasteiger partial charge in [0.2, 0.25) is 0 Å². The van der Waals surface area contributed by atoms with Crippen molar-refractivity contribution in [3.05, 3.63) is 124 Å². The lowest BCUT2D eigenvalue weighted by Crippen LogP contribution is -2.25. The molecular weight excluding hydrogens is 481 g/mol. The smallest absolute Gasteiger partial charge is 0.337 e. The van der Waals surface area contributed by atoms with Crippen molar-refractivity contribution in [2.75, 3.05) is 12.0 Å². The molecule has 1 aliphatic heterocycles. The second-order valence-electron chi connectivity index (χ2n) is 8.01. The third-order valence-electron chi connectivity index (χ3n) is 5.73. The Kier molecular flexibility index (Phi) is 6.27. The number of esters is 1. The second-order valence-corrected chi connectivity index (χ2v) is 8.41. The van der Waals surface area contributed by atoms with E-state index in [0.29, 0.717) is 34.0 Å². The van der Waals surface area contributed by atoms with Crippen molar-refractivity contribution in [2.45, 2.75) is 0 Å². The largest absolute Gasteiger partial charge is 0.465 e. The maximum Gasteiger partial charge on any atom is 0.337 e. The summed E-state index contributed by atoms with van der Waals surface area (Å²) in [6, 6.07) is 24.0. The van der Waals surface area contributed by atoms with Crippen molar-refractivity contribution in [2.24, 2.45) is 0 Å². The highest BCUT2D eigenvalue weighted by Crippen LogP contribution is 2.37. The first-order chi connectivity index (χ1) is 17.4. The number of carbonyl (C=O) groups excluding carboxylic acids is 2. The lowest BCUT2D eigenvalue weighted by atomic mass is 10.1. The molecule has 0 radical (unpaired) electrons. The van der Waals surface area contributed by atoms with Gasteiger partial charge in [-0.05, 0) is 60.2 Å². The summed E-state index contributed by atoms with van der Waals surface area (Å²) in [6.45, 7) is 0. The molecule has 5 nitrogen and oxygen atoms in total. The summed E-state index contributed by atoms with van der Waals surface area (Å²) in [7, 11) is 1.33. The van der Waals surface area contributed by atoms with Gasteiger partial charge in [0.05, 0.1) is 29.1 Å². The van der Waals surface area contributed by atoms with Crippen molar-refractivity contribution in [1.29, 1.82) is 0 Å². The molecule has 5 rings (SSSR count). The standard InChI is InChI=1S/C29H19ClFNO4/c1-35-29(34)20-9-7-19(8-10-20)27-14-12-23(36-27)15-21-16-26(18-5-3-2-4-6-18)32(28(21)33)22-11-13-25(31)24(30)17-22/h2-17H,1H3/b21-15+. The molecule has 4 aromatic rings. The van der Waals surface area contributed by atoms with E-state index in [1.165, 1.54) is 30.2 Å². The van der Waals surface area contributed by atoms with Gasteiger partial charge < -0.3 is 9.15 Å². The van der Waals surface area contributed by atoms with E-state index in [1.807, 2.05) is 30.3 Å². The number of furan rings is 1. The molecule has 2 heterocycles. The van der Waals surface area contributed by atoms with E-state index in [0.717, 1.165) is 11.1 Å². The monoisotopic (exact) mass is 499 g/mol. The van der Waals surface area contributed by atoms with Crippen LogP contribution in [0.1, 0.15) is 21.7 Å². The summed E-state index contributed by atoms with van der Waals surface area (Å²) in [4.78, 5) is 26.6. The van der Waals surface area contributed by atoms with Crippen LogP contribution in [-0.2, 0) is 9.53 Å². The van der Waals surface area contributed by atoms with Crippen LogP contribution in [0.15, 0.2) is 101 Å². The molecule has 7 heteroatoms. The van der Waals surface area contributed by atoms with E-state index in [9.17, 15) is 14.0 Å². The van der Waals surface area contributed by atoms with Crippen LogP contribution in [0, 0.1) is 5.82 Å². The molecule has 0 saturated heterocycles. The Morgan fingerprint density at radius 2 is 1.72 bits per heavy atom. The normalized spacial score (nSPS) is 14.3. The van der Waals surface area contributed by atoms with Gasteiger partial charge in [-0.25, -0.2) is 9.18 Å². The first-order valence-electron chi connectivity index (χ1n) is 11.0. The highest BCUT2D eigenvalue weighted by Gasteiger charge is 2.31. The summed E-state index contributed by atoms with van der Waals surface area (Å²) in [5.41, 5.74) is 3.52. The quantitative estimate of drug-likeness (QED) is 0.219. The number of halogens is 2. The zero-order chi connectivity index (χ0) is 25.2. The Hall–Kier alpha value is -4.42. The van der Waals surface area contributed by atoms with Crippen molar-refractivity contribution in [1.82, 2.24) is 0 Å². The topological polar surface area (TPSA) is 59.8 Å². The summed E-state index contributed by atoms with van der Waals surface area (Å²) in [6.07, 6.45) is 3.42. The molecule has 0 N–H and O–H groups in total. The molecule has 0 saturated carbocycles. The van der Waals surface area contributed by atoms with Gasteiger partial charge in [-0.15, -0.1) is 0 Å². The second kappa shape index (κ2) is 9.68. The average Bonchev–Trinajstić information content (AvgIpc) is 3.51. The van der Waals surface area contributed by atoms with Gasteiger partial charge in [0, 0.05) is 11.1 Å². The maximum absolute atomic E-state index is 13.8. The molecule has 0 fully saturated rings. The van der Waals surface area contributed by atoms with Gasteiger partial charge in [0.15, 0.2) is 0 Å². The molecule has 0 aliphatic carbocycles. The summed E-state index contributed by atoms with van der Waals surface area (Å²) in [5.74, 6) is -0.210. The lowest BCUT2D eigenvalue weighted by Gasteiger charge is -2.21. The SMILES string of the molecule is COC(=O)c1ccc(-c2ccc(/C=C3\C=C(c4ccccc4)N(c4ccc(F)c(Cl)c4)C3=O)o2)cc1. The highest BCUT2D eigenvalue weighted by atomic mass is 35.5. The zero-order valence-electron chi connectivity index (χ0n) is 19.1. The van der Waals surface area contributed by atoms with Crippen LogP contribution in [0.5, 0.6) is 0 Å². The van der Waals surface area contributed by atoms with Gasteiger partial charge >= 0.3 is 5.97 Å². The van der Waals surface area contributed by atoms with Crippen LogP contribution < -0.4 is 4.90 Å². The van der Waals surface area contributed by atoms with E-state index < -0.39 is 11.8 Å². The zero-order valence-corrected chi connectivity index (χ0v) is 19.8. The van der Waals surface area contributed by atoms with E-state index in [-0.39, 0.29) is 10.9 Å². The first-order valence-corrected chi connectivity index (χ1v) is 11.4. The average molecular weight is 500 g/mol. The van der Waals surface area contributed by atoms with Crippen molar-refractivity contribution >= 4 is 40.9 Å². The first kappa shape index (κ1) is 23.3. The third-order valence-corrected chi connectivity index (χ3v) is 6.02. The molecule has 36 heavy (non-hydrogen) atoms. The Morgan fingerprint density at radius 1 is 0.972 bits per heavy atom. The number of hydrogen-bond donors (Lipinski definition) is 0. The van der Waals surface area contributed by atoms with E-state index in [1.54, 1.807) is 48.6 Å². The van der Waals surface area contributed by atoms with Crippen LogP contribution in [0.25, 0.3) is 23.1 Å². The Morgan fingerprint density at radius 3 is 2.42 bits per heavy atom. The number of methoxy groups -OCH3 is 1. The molecular formula is C29H19ClFNO4. The molecule has 0 bridgehead atoms. The fourth-order valence-corrected chi connectivity index (χ4v) is 4.12. The molecule has 1 amide bonds. The molecule has 0 spiro atoms. The van der Waals surface area contributed by atoms with Crippen molar-refractivity contribution in [3.8, 4) is 11.3 Å². The number of hydrogen-bond acceptors (Lipinski definition) is 4. The Balaban J connectivity index is 1.49. The predicted molar refractivity (Wildman–Crippen MR) is 137 cm³/mol. The molecule has 0 atom stereocenters. The molecule has 0 unspecified atom stereocenters. The number of benzene rings is 3. The number of rotatable bonds is 5. The number of nitrogens with zero attached hydrogens (tertiary/aromatic N) is 1. The Labute approximate surface area is 211 Å². The number of carbonyl (C=O) groups is 2. The fourth-order valence-electron chi connectivity index (χ4n) is 3.94. The van der Waals surface area contributed by atoms with E-state index in [4.69, 9.17) is 20.8 Å². The number of anilines is 1. The summed E-state index contributed by atoms with van der Waals surface area (Å²) >= 11 is 6.01. The predicted octanol–water partition coefficient (Wildman–Crippen LogP) is 7.00.